The van der Waals surface area contributed by atoms with Gasteiger partial charge < -0.3 is 10.1 Å². The van der Waals surface area contributed by atoms with Crippen molar-refractivity contribution < 1.29 is 9.53 Å². The molecule has 0 aliphatic heterocycles. The van der Waals surface area contributed by atoms with E-state index in [-0.39, 0.29) is 11.3 Å². The standard InChI is InChI=1S/C29H29NO2S/c1-4-29(2,3)23-10-14-25(15-11-23)32-26-16-12-24(13-17-26)30-28(31)20-33-27-18-9-21-7-5-6-8-22(21)19-27/h5-19H,4,20H2,1-3H3,(H,30,31). The van der Waals surface area contributed by atoms with Crippen LogP contribution in [0.3, 0.4) is 0 Å². The normalized spacial score (nSPS) is 11.4. The number of carbonyl (C=O) groups excluding carboxylic acids is 1. The number of amides is 1. The van der Waals surface area contributed by atoms with Gasteiger partial charge in [-0.25, -0.2) is 0 Å². The van der Waals surface area contributed by atoms with Gasteiger partial charge in [0.25, 0.3) is 0 Å². The minimum Gasteiger partial charge on any atom is -0.457 e. The van der Waals surface area contributed by atoms with Crippen molar-refractivity contribution in [3.05, 3.63) is 96.6 Å². The van der Waals surface area contributed by atoms with Gasteiger partial charge in [-0.2, -0.15) is 0 Å². The van der Waals surface area contributed by atoms with Crippen LogP contribution in [-0.2, 0) is 10.2 Å². The molecule has 0 saturated carbocycles. The Kier molecular flexibility index (Phi) is 7.05. The van der Waals surface area contributed by atoms with Crippen LogP contribution < -0.4 is 10.1 Å². The maximum Gasteiger partial charge on any atom is 0.234 e. The summed E-state index contributed by atoms with van der Waals surface area (Å²) in [5, 5.41) is 5.34. The zero-order chi connectivity index (χ0) is 23.3. The molecule has 4 rings (SSSR count). The van der Waals surface area contributed by atoms with Crippen LogP contribution >= 0.6 is 11.8 Å². The van der Waals surface area contributed by atoms with E-state index in [2.05, 4.69) is 68.6 Å². The molecule has 0 unspecified atom stereocenters. The molecule has 4 heteroatoms. The van der Waals surface area contributed by atoms with Gasteiger partial charge in [0.1, 0.15) is 11.5 Å². The van der Waals surface area contributed by atoms with Crippen molar-refractivity contribution in [2.75, 3.05) is 11.1 Å². The highest BCUT2D eigenvalue weighted by atomic mass is 32.2. The first-order valence-corrected chi connectivity index (χ1v) is 12.2. The van der Waals surface area contributed by atoms with E-state index in [1.807, 2.05) is 48.5 Å². The lowest BCUT2D eigenvalue weighted by Gasteiger charge is -2.23. The first-order valence-electron chi connectivity index (χ1n) is 11.2. The fourth-order valence-electron chi connectivity index (χ4n) is 3.52. The minimum atomic E-state index is -0.0315. The van der Waals surface area contributed by atoms with E-state index in [1.54, 1.807) is 0 Å². The molecular weight excluding hydrogens is 426 g/mol. The van der Waals surface area contributed by atoms with Crippen molar-refractivity contribution in [1.82, 2.24) is 0 Å². The highest BCUT2D eigenvalue weighted by Crippen LogP contribution is 2.30. The molecule has 0 fully saturated rings. The highest BCUT2D eigenvalue weighted by Gasteiger charge is 2.17. The predicted octanol–water partition coefficient (Wildman–Crippen LogP) is 8.05. The average molecular weight is 456 g/mol. The van der Waals surface area contributed by atoms with Gasteiger partial charge in [-0.1, -0.05) is 63.2 Å². The molecule has 0 bridgehead atoms. The van der Waals surface area contributed by atoms with Gasteiger partial charge in [0.05, 0.1) is 5.75 Å². The Bertz CT molecular complexity index is 1230. The number of thioether (sulfide) groups is 1. The number of hydrogen-bond donors (Lipinski definition) is 1. The first kappa shape index (κ1) is 22.9. The molecule has 4 aromatic carbocycles. The van der Waals surface area contributed by atoms with Gasteiger partial charge in [-0.15, -0.1) is 11.8 Å². The number of ether oxygens (including phenoxy) is 1. The van der Waals surface area contributed by atoms with Crippen molar-refractivity contribution in [2.24, 2.45) is 0 Å². The van der Waals surface area contributed by atoms with Crippen molar-refractivity contribution in [1.29, 1.82) is 0 Å². The SMILES string of the molecule is CCC(C)(C)c1ccc(Oc2ccc(NC(=O)CSc3ccc4ccccc4c3)cc2)cc1. The summed E-state index contributed by atoms with van der Waals surface area (Å²) in [7, 11) is 0. The third-order valence-corrected chi connectivity index (χ3v) is 6.98. The number of hydrogen-bond acceptors (Lipinski definition) is 3. The van der Waals surface area contributed by atoms with E-state index in [4.69, 9.17) is 4.74 Å². The Morgan fingerprint density at radius 1 is 0.848 bits per heavy atom. The van der Waals surface area contributed by atoms with Crippen LogP contribution in [0.1, 0.15) is 32.8 Å². The number of carbonyl (C=O) groups is 1. The van der Waals surface area contributed by atoms with Crippen LogP contribution in [-0.4, -0.2) is 11.7 Å². The molecule has 0 spiro atoms. The van der Waals surface area contributed by atoms with Crippen LogP contribution in [0.4, 0.5) is 5.69 Å². The monoisotopic (exact) mass is 455 g/mol. The lowest BCUT2D eigenvalue weighted by atomic mass is 9.82. The topological polar surface area (TPSA) is 38.3 Å². The second-order valence-corrected chi connectivity index (χ2v) is 9.78. The number of nitrogens with one attached hydrogen (secondary N) is 1. The Labute approximate surface area is 200 Å². The molecule has 0 aromatic heterocycles. The van der Waals surface area contributed by atoms with Crippen LogP contribution in [0, 0.1) is 0 Å². The van der Waals surface area contributed by atoms with Crippen LogP contribution in [0.25, 0.3) is 10.8 Å². The first-order chi connectivity index (χ1) is 15.9. The second kappa shape index (κ2) is 10.1. The molecule has 1 amide bonds. The zero-order valence-electron chi connectivity index (χ0n) is 19.3. The van der Waals surface area contributed by atoms with Crippen molar-refractivity contribution >= 4 is 34.1 Å². The average Bonchev–Trinajstić information content (AvgIpc) is 2.84. The van der Waals surface area contributed by atoms with Gasteiger partial charge in [-0.05, 0) is 76.7 Å². The predicted molar refractivity (Wildman–Crippen MR) is 140 cm³/mol. The van der Waals surface area contributed by atoms with Crippen LogP contribution in [0.5, 0.6) is 11.5 Å². The van der Waals surface area contributed by atoms with Crippen molar-refractivity contribution in [3.8, 4) is 11.5 Å². The molecule has 0 aliphatic carbocycles. The van der Waals surface area contributed by atoms with E-state index in [0.717, 1.165) is 28.5 Å². The molecule has 4 aromatic rings. The molecule has 3 nitrogen and oxygen atoms in total. The molecule has 0 aliphatic rings. The highest BCUT2D eigenvalue weighted by molar-refractivity contribution is 8.00. The summed E-state index contributed by atoms with van der Waals surface area (Å²) in [6.07, 6.45) is 1.08. The fourth-order valence-corrected chi connectivity index (χ4v) is 4.27. The lowest BCUT2D eigenvalue weighted by Crippen LogP contribution is -2.14. The van der Waals surface area contributed by atoms with Gasteiger partial charge in [-0.3, -0.25) is 4.79 Å². The minimum absolute atomic E-state index is 0.0315. The third-order valence-electron chi connectivity index (χ3n) is 5.98. The molecule has 0 saturated heterocycles. The Hall–Kier alpha value is -3.24. The van der Waals surface area contributed by atoms with E-state index >= 15 is 0 Å². The van der Waals surface area contributed by atoms with Crippen molar-refractivity contribution in [2.45, 2.75) is 37.5 Å². The summed E-state index contributed by atoms with van der Waals surface area (Å²) in [5.74, 6) is 1.86. The van der Waals surface area contributed by atoms with Gasteiger partial charge >= 0.3 is 0 Å². The van der Waals surface area contributed by atoms with Gasteiger partial charge in [0, 0.05) is 10.6 Å². The van der Waals surface area contributed by atoms with Crippen LogP contribution in [0.2, 0.25) is 0 Å². The number of fused-ring (bicyclic) bond motifs is 1. The largest absolute Gasteiger partial charge is 0.457 e. The summed E-state index contributed by atoms with van der Waals surface area (Å²) in [5.41, 5.74) is 2.22. The zero-order valence-corrected chi connectivity index (χ0v) is 20.1. The number of anilines is 1. The smallest absolute Gasteiger partial charge is 0.234 e. The second-order valence-electron chi connectivity index (χ2n) is 8.73. The molecule has 0 atom stereocenters. The van der Waals surface area contributed by atoms with Crippen molar-refractivity contribution in [3.63, 3.8) is 0 Å². The summed E-state index contributed by atoms with van der Waals surface area (Å²) in [6, 6.07) is 30.2. The lowest BCUT2D eigenvalue weighted by molar-refractivity contribution is -0.113. The van der Waals surface area contributed by atoms with E-state index in [9.17, 15) is 4.79 Å². The fraction of sp³-hybridized carbons (Fsp3) is 0.207. The molecule has 0 radical (unpaired) electrons. The van der Waals surface area contributed by atoms with Gasteiger partial charge in [0.15, 0.2) is 0 Å². The molecule has 1 N–H and O–H groups in total. The summed E-state index contributed by atoms with van der Waals surface area (Å²) < 4.78 is 5.96. The van der Waals surface area contributed by atoms with E-state index < -0.39 is 0 Å². The summed E-state index contributed by atoms with van der Waals surface area (Å²) >= 11 is 1.54. The Morgan fingerprint density at radius 3 is 2.15 bits per heavy atom. The van der Waals surface area contributed by atoms with E-state index in [1.165, 1.54) is 28.1 Å². The molecule has 0 heterocycles. The number of benzene rings is 4. The maximum atomic E-state index is 12.4. The maximum absolute atomic E-state index is 12.4. The van der Waals surface area contributed by atoms with E-state index in [0.29, 0.717) is 5.75 Å². The molecule has 33 heavy (non-hydrogen) atoms. The Morgan fingerprint density at radius 2 is 1.48 bits per heavy atom. The number of rotatable bonds is 8. The van der Waals surface area contributed by atoms with Gasteiger partial charge in [0.2, 0.25) is 5.91 Å². The molecular formula is C29H29NO2S. The summed E-state index contributed by atoms with van der Waals surface area (Å²) in [6.45, 7) is 6.69. The Balaban J connectivity index is 1.30. The molecule has 168 valence electrons. The third kappa shape index (κ3) is 5.96. The quantitative estimate of drug-likeness (QED) is 0.273. The van der Waals surface area contributed by atoms with Crippen LogP contribution in [0.15, 0.2) is 95.9 Å². The summed E-state index contributed by atoms with van der Waals surface area (Å²) in [4.78, 5) is 13.5.